The van der Waals surface area contributed by atoms with Crippen molar-refractivity contribution >= 4 is 11.8 Å². The second-order valence-electron chi connectivity index (χ2n) is 21.3. The molecule has 1 unspecified atom stereocenters. The number of rotatable bonds is 24. The van der Waals surface area contributed by atoms with Crippen molar-refractivity contribution in [2.45, 2.75) is 186 Å². The predicted octanol–water partition coefficient (Wildman–Crippen LogP) is 4.49. The normalized spacial score (nSPS) is 33.4. The van der Waals surface area contributed by atoms with Crippen molar-refractivity contribution in [3.05, 3.63) is 66.2 Å². The highest BCUT2D eigenvalue weighted by atomic mass is 16.7. The van der Waals surface area contributed by atoms with Gasteiger partial charge in [0.15, 0.2) is 30.9 Å². The van der Waals surface area contributed by atoms with Crippen LogP contribution in [-0.2, 0) is 65.2 Å². The van der Waals surface area contributed by atoms with Crippen LogP contribution < -0.4 is 4.74 Å². The molecule has 1 aromatic carbocycles. The third-order valence-corrected chi connectivity index (χ3v) is 15.4. The Hall–Kier alpha value is -4.60. The summed E-state index contributed by atoms with van der Waals surface area (Å²) in [7, 11) is 4.75. The third kappa shape index (κ3) is 17.7. The van der Waals surface area contributed by atoms with Crippen molar-refractivity contribution in [1.82, 2.24) is 30.3 Å². The molecule has 0 spiro atoms. The van der Waals surface area contributed by atoms with Crippen LogP contribution >= 0.6 is 0 Å². The first-order chi connectivity index (χ1) is 38.4. The van der Waals surface area contributed by atoms with Crippen LogP contribution in [0.4, 0.5) is 0 Å². The molecule has 0 saturated carbocycles. The maximum atomic E-state index is 14.2. The SMILES string of the molecule is CCOC(C[C@H]1C[C@@H](C)C(=O)/C=C/C(C)=C/[C@H](COC2O[C@H](C)[C@@H](O)[C@@H](OC)[C@H]2OC)[C@@H](CC)OC(=O)C[C@@H](O)[C@H](C)[C@H]1O[C@@H]1O[C@H](C)[C@@H](O)[C@@H](N(C)CCc2cn(CCCOc3ccc(-c4conn4)cc3)nn2)[C@H]1O)OCC. The standard InChI is InChI=1S/C57H88N6O17/c1-12-46-40(31-75-57-55(71-11)54(70-10)51(68)37(8)78-57)26-33(4)16-21-44(64)34(5)27-39(28-48(72-13-2)73-14-3)53(35(6)45(65)29-47(66)79-46)80-56-52(69)49(50(67)36(7)77-56)62(9)24-22-41-30-63(60-58-41)23-15-25-74-42-19-17-38(18-20-42)43-32-76-61-59-43/h16-21,26,30,32,34-37,39-40,45-46,48-57,65,67-69H,12-15,22-25,27-29,31H2,1-11H3/b21-16+,33-26+/t34-,35+,36-,37-,39-,40-,45-,46-,49-,50-,51-,52-,53-,54-,55-,56+,57?/m1/s1. The summed E-state index contributed by atoms with van der Waals surface area (Å²) in [6.07, 6.45) is -2.55. The zero-order valence-corrected chi connectivity index (χ0v) is 48.4. The molecule has 2 saturated heterocycles. The number of benzene rings is 1. The molecule has 5 heterocycles. The summed E-state index contributed by atoms with van der Waals surface area (Å²) in [5.74, 6) is -2.66. The van der Waals surface area contributed by atoms with Gasteiger partial charge in [0.2, 0.25) is 0 Å². The van der Waals surface area contributed by atoms with Gasteiger partial charge in [-0.25, -0.2) is 0 Å². The number of aliphatic hydroxyl groups is 4. The van der Waals surface area contributed by atoms with Crippen LogP contribution in [0.2, 0.25) is 0 Å². The van der Waals surface area contributed by atoms with Crippen molar-refractivity contribution in [3.8, 4) is 17.0 Å². The Morgan fingerprint density at radius 3 is 2.23 bits per heavy atom. The van der Waals surface area contributed by atoms with Crippen molar-refractivity contribution < 1.29 is 81.9 Å². The fraction of sp³-hybridized carbons (Fsp3) is 0.719. The molecule has 448 valence electrons. The van der Waals surface area contributed by atoms with E-state index in [-0.39, 0.29) is 25.2 Å². The number of esters is 1. The fourth-order valence-corrected chi connectivity index (χ4v) is 10.8. The van der Waals surface area contributed by atoms with E-state index >= 15 is 0 Å². The first kappa shape index (κ1) is 64.6. The Labute approximate surface area is 470 Å². The molecule has 0 bridgehead atoms. The molecule has 2 aromatic heterocycles. The van der Waals surface area contributed by atoms with Crippen LogP contribution in [0.15, 0.2) is 65.0 Å². The number of ether oxygens (including phenoxy) is 10. The molecule has 4 N–H and O–H groups in total. The van der Waals surface area contributed by atoms with Gasteiger partial charge >= 0.3 is 5.97 Å². The van der Waals surface area contributed by atoms with Crippen LogP contribution in [0.3, 0.4) is 0 Å². The fourth-order valence-electron chi connectivity index (χ4n) is 10.8. The zero-order chi connectivity index (χ0) is 58.0. The molecule has 80 heavy (non-hydrogen) atoms. The van der Waals surface area contributed by atoms with E-state index in [0.717, 1.165) is 5.56 Å². The molecule has 2 fully saturated rings. The number of nitrogens with zero attached hydrogens (tertiary/aromatic N) is 6. The number of ketones is 1. The van der Waals surface area contributed by atoms with Crippen molar-refractivity contribution in [2.75, 3.05) is 54.2 Å². The van der Waals surface area contributed by atoms with Crippen molar-refractivity contribution in [2.24, 2.45) is 23.7 Å². The third-order valence-electron chi connectivity index (χ3n) is 15.4. The molecule has 6 rings (SSSR count). The van der Waals surface area contributed by atoms with Crippen molar-refractivity contribution in [3.63, 3.8) is 0 Å². The molecule has 23 heteroatoms. The Bertz CT molecular complexity index is 2350. The average Bonchev–Trinajstić information content (AvgIpc) is 4.16. The number of aryl methyl sites for hydroxylation is 1. The number of hydrogen-bond acceptors (Lipinski definition) is 22. The van der Waals surface area contributed by atoms with Gasteiger partial charge in [0.05, 0.1) is 61.9 Å². The Kier molecular flexibility index (Phi) is 25.6. The molecule has 3 aromatic rings. The van der Waals surface area contributed by atoms with Gasteiger partial charge in [-0.05, 0) is 90.8 Å². The van der Waals surface area contributed by atoms with Gasteiger partial charge < -0.3 is 72.3 Å². The lowest BCUT2D eigenvalue weighted by molar-refractivity contribution is -0.307. The second-order valence-corrected chi connectivity index (χ2v) is 21.3. The molecule has 17 atom stereocenters. The molecule has 3 aliphatic heterocycles. The highest BCUT2D eigenvalue weighted by molar-refractivity contribution is 5.91. The summed E-state index contributed by atoms with van der Waals surface area (Å²) < 4.78 is 67.6. The van der Waals surface area contributed by atoms with Gasteiger partial charge in [-0.3, -0.25) is 19.2 Å². The van der Waals surface area contributed by atoms with E-state index < -0.39 is 122 Å². The maximum Gasteiger partial charge on any atom is 0.308 e. The molecular formula is C57H88N6O17. The lowest BCUT2D eigenvalue weighted by Gasteiger charge is -2.47. The van der Waals surface area contributed by atoms with Gasteiger partial charge in [-0.15, -0.1) is 10.2 Å². The van der Waals surface area contributed by atoms with Crippen LogP contribution in [0, 0.1) is 23.7 Å². The number of carbonyl (C=O) groups excluding carboxylic acids is 2. The summed E-state index contributed by atoms with van der Waals surface area (Å²) in [5.41, 5.74) is 2.92. The Morgan fingerprint density at radius 1 is 0.863 bits per heavy atom. The summed E-state index contributed by atoms with van der Waals surface area (Å²) in [5, 5.41) is 62.9. The number of allylic oxidation sites excluding steroid dienone is 3. The van der Waals surface area contributed by atoms with Crippen LogP contribution in [0.25, 0.3) is 11.3 Å². The topological polar surface area (TPSA) is 280 Å². The first-order valence-electron chi connectivity index (χ1n) is 28.2. The average molecular weight is 1130 g/mol. The van der Waals surface area contributed by atoms with E-state index in [1.165, 1.54) is 26.6 Å². The number of likely N-dealkylation sites (N-methyl/N-ethyl adjacent to an activating group) is 1. The van der Waals surface area contributed by atoms with E-state index in [4.69, 9.17) is 51.9 Å². The Morgan fingerprint density at radius 2 is 1.56 bits per heavy atom. The maximum absolute atomic E-state index is 14.2. The number of carbonyl (C=O) groups is 2. The highest BCUT2D eigenvalue weighted by Gasteiger charge is 2.49. The van der Waals surface area contributed by atoms with E-state index in [9.17, 15) is 30.0 Å². The predicted molar refractivity (Wildman–Crippen MR) is 289 cm³/mol. The molecular weight excluding hydrogens is 1040 g/mol. The quantitative estimate of drug-likeness (QED) is 0.0546. The van der Waals surface area contributed by atoms with E-state index in [0.29, 0.717) is 74.9 Å². The number of cyclic esters (lactones) is 1. The van der Waals surface area contributed by atoms with Gasteiger partial charge in [-0.2, -0.15) is 0 Å². The number of hydrogen-bond donors (Lipinski definition) is 4. The highest BCUT2D eigenvalue weighted by Crippen LogP contribution is 2.37. The zero-order valence-electron chi connectivity index (χ0n) is 48.4. The van der Waals surface area contributed by atoms with Crippen LogP contribution in [-0.4, -0.2) is 203 Å². The molecule has 0 radical (unpaired) electrons. The smallest absolute Gasteiger partial charge is 0.308 e. The van der Waals surface area contributed by atoms with Gasteiger partial charge in [-0.1, -0.05) is 43.7 Å². The van der Waals surface area contributed by atoms with Crippen LogP contribution in [0.5, 0.6) is 5.75 Å². The first-order valence-corrected chi connectivity index (χ1v) is 28.2. The molecule has 23 nitrogen and oxygen atoms in total. The van der Waals surface area contributed by atoms with E-state index in [1.54, 1.807) is 38.6 Å². The lowest BCUT2D eigenvalue weighted by Crippen LogP contribution is -2.64. The lowest BCUT2D eigenvalue weighted by atomic mass is 9.79. The summed E-state index contributed by atoms with van der Waals surface area (Å²) in [6, 6.07) is 6.62. The Balaban J connectivity index is 1.17. The number of methoxy groups -OCH3 is 2. The molecule has 0 amide bonds. The minimum atomic E-state index is -1.41. The largest absolute Gasteiger partial charge is 0.494 e. The molecule has 3 aliphatic rings. The van der Waals surface area contributed by atoms with Gasteiger partial charge in [0.25, 0.3) is 0 Å². The number of aliphatic hydroxyl groups excluding tert-OH is 4. The summed E-state index contributed by atoms with van der Waals surface area (Å²) in [6.45, 7) is 16.5. The minimum absolute atomic E-state index is 0.00285. The van der Waals surface area contributed by atoms with Gasteiger partial charge in [0, 0.05) is 94.6 Å². The number of aromatic nitrogens is 5. The molecule has 0 aliphatic carbocycles. The summed E-state index contributed by atoms with van der Waals surface area (Å²) >= 11 is 0. The minimum Gasteiger partial charge on any atom is -0.494 e. The monoisotopic (exact) mass is 1130 g/mol. The summed E-state index contributed by atoms with van der Waals surface area (Å²) in [4.78, 5) is 30.1. The van der Waals surface area contributed by atoms with E-state index in [1.807, 2.05) is 76.1 Å². The van der Waals surface area contributed by atoms with Crippen LogP contribution in [0.1, 0.15) is 93.2 Å². The van der Waals surface area contributed by atoms with E-state index in [2.05, 4.69) is 20.7 Å². The second kappa shape index (κ2) is 31.7. The van der Waals surface area contributed by atoms with Gasteiger partial charge in [0.1, 0.15) is 42.0 Å². The van der Waals surface area contributed by atoms with Crippen molar-refractivity contribution in [1.29, 1.82) is 0 Å².